The zero-order chi connectivity index (χ0) is 11.4. The van der Waals surface area contributed by atoms with Gasteiger partial charge in [0.1, 0.15) is 6.54 Å². The molecule has 1 amide bonds. The zero-order valence-corrected chi connectivity index (χ0v) is 9.27. The molecule has 1 N–H and O–H groups in total. The number of hydrogen-bond donors (Lipinski definition) is 1. The molecule has 0 saturated carbocycles. The van der Waals surface area contributed by atoms with Crippen molar-refractivity contribution in [3.05, 3.63) is 0 Å². The second-order valence-corrected chi connectivity index (χ2v) is 4.12. The summed E-state index contributed by atoms with van der Waals surface area (Å²) < 4.78 is 0. The highest BCUT2D eigenvalue weighted by molar-refractivity contribution is 5.81. The van der Waals surface area contributed by atoms with E-state index in [1.54, 1.807) is 0 Å². The van der Waals surface area contributed by atoms with E-state index in [9.17, 15) is 9.59 Å². The molecule has 0 spiro atoms. The van der Waals surface area contributed by atoms with Crippen LogP contribution in [0.25, 0.3) is 0 Å². The van der Waals surface area contributed by atoms with Crippen LogP contribution in [0.1, 0.15) is 19.3 Å². The van der Waals surface area contributed by atoms with Crippen molar-refractivity contribution in [2.75, 3.05) is 27.2 Å². The minimum Gasteiger partial charge on any atom is -0.480 e. The number of carboxylic acid groups (broad SMARTS) is 1. The van der Waals surface area contributed by atoms with Gasteiger partial charge in [0.15, 0.2) is 0 Å². The molecule has 1 fully saturated rings. The molecule has 0 bridgehead atoms. The Morgan fingerprint density at radius 3 is 2.67 bits per heavy atom. The van der Waals surface area contributed by atoms with Crippen LogP contribution in [0.2, 0.25) is 0 Å². The fourth-order valence-corrected chi connectivity index (χ4v) is 1.89. The summed E-state index contributed by atoms with van der Waals surface area (Å²) in [5.41, 5.74) is 0. The third kappa shape index (κ3) is 3.51. The minimum absolute atomic E-state index is 0.0869. The average molecular weight is 214 g/mol. The van der Waals surface area contributed by atoms with Crippen LogP contribution in [0, 0.1) is 0 Å². The number of rotatable bonds is 4. The van der Waals surface area contributed by atoms with Gasteiger partial charge in [-0.15, -0.1) is 0 Å². The van der Waals surface area contributed by atoms with E-state index >= 15 is 0 Å². The highest BCUT2D eigenvalue weighted by Gasteiger charge is 2.25. The maximum Gasteiger partial charge on any atom is 0.323 e. The summed E-state index contributed by atoms with van der Waals surface area (Å²) in [4.78, 5) is 25.5. The summed E-state index contributed by atoms with van der Waals surface area (Å²) >= 11 is 0. The molecule has 0 aromatic heterocycles. The van der Waals surface area contributed by atoms with Gasteiger partial charge in [-0.1, -0.05) is 0 Å². The molecule has 1 atom stereocenters. The first-order valence-corrected chi connectivity index (χ1v) is 5.16. The lowest BCUT2D eigenvalue weighted by Crippen LogP contribution is -2.36. The molecule has 5 nitrogen and oxygen atoms in total. The topological polar surface area (TPSA) is 60.9 Å². The Bertz CT molecular complexity index is 255. The Hall–Kier alpha value is -1.10. The highest BCUT2D eigenvalue weighted by atomic mass is 16.4. The number of carbonyl (C=O) groups excluding carboxylic acids is 1. The monoisotopic (exact) mass is 214 g/mol. The maximum atomic E-state index is 11.6. The van der Waals surface area contributed by atoms with Gasteiger partial charge >= 0.3 is 5.97 Å². The molecule has 86 valence electrons. The van der Waals surface area contributed by atoms with E-state index in [0.717, 1.165) is 19.4 Å². The summed E-state index contributed by atoms with van der Waals surface area (Å²) in [5.74, 6) is -1.05. The van der Waals surface area contributed by atoms with E-state index in [-0.39, 0.29) is 18.5 Å². The summed E-state index contributed by atoms with van der Waals surface area (Å²) in [7, 11) is 3.54. The van der Waals surface area contributed by atoms with Crippen LogP contribution in [0.3, 0.4) is 0 Å². The van der Waals surface area contributed by atoms with E-state index < -0.39 is 5.97 Å². The first kappa shape index (κ1) is 12.0. The molecule has 1 aliphatic rings. The Morgan fingerprint density at radius 2 is 2.20 bits per heavy atom. The Labute approximate surface area is 89.7 Å². The fraction of sp³-hybridized carbons (Fsp3) is 0.800. The van der Waals surface area contributed by atoms with E-state index in [4.69, 9.17) is 5.11 Å². The van der Waals surface area contributed by atoms with Crippen LogP contribution >= 0.6 is 0 Å². The van der Waals surface area contributed by atoms with Crippen molar-refractivity contribution >= 4 is 11.9 Å². The number of likely N-dealkylation sites (N-methyl/N-ethyl adjacent to an activating group) is 1. The third-order valence-corrected chi connectivity index (χ3v) is 2.88. The number of carbonyl (C=O) groups is 2. The quantitative estimate of drug-likeness (QED) is 0.716. The molecule has 0 aromatic carbocycles. The van der Waals surface area contributed by atoms with E-state index in [1.165, 1.54) is 11.9 Å². The molecule has 0 radical (unpaired) electrons. The molecule has 0 aromatic rings. The molecular weight excluding hydrogens is 196 g/mol. The van der Waals surface area contributed by atoms with Gasteiger partial charge in [-0.2, -0.15) is 0 Å². The van der Waals surface area contributed by atoms with Crippen LogP contribution < -0.4 is 0 Å². The van der Waals surface area contributed by atoms with Gasteiger partial charge < -0.3 is 14.9 Å². The second-order valence-electron chi connectivity index (χ2n) is 4.12. The summed E-state index contributed by atoms with van der Waals surface area (Å²) in [6, 6.07) is 0.286. The van der Waals surface area contributed by atoms with Gasteiger partial charge in [0.25, 0.3) is 0 Å². The average Bonchev–Trinajstić information content (AvgIpc) is 2.50. The predicted octanol–water partition coefficient (Wildman–Crippen LogP) is 0.0137. The SMILES string of the molecule is CN(CC(=O)O)C(=O)CC1CCCN1C. The number of carboxylic acids is 1. The zero-order valence-electron chi connectivity index (χ0n) is 9.27. The van der Waals surface area contributed by atoms with Gasteiger partial charge in [-0.25, -0.2) is 0 Å². The number of nitrogens with zero attached hydrogens (tertiary/aromatic N) is 2. The Kier molecular flexibility index (Phi) is 4.08. The molecule has 1 heterocycles. The van der Waals surface area contributed by atoms with Crippen LogP contribution in [-0.2, 0) is 9.59 Å². The van der Waals surface area contributed by atoms with Gasteiger partial charge in [0, 0.05) is 19.5 Å². The fourth-order valence-electron chi connectivity index (χ4n) is 1.89. The van der Waals surface area contributed by atoms with Crippen LogP contribution in [0.15, 0.2) is 0 Å². The molecule has 1 aliphatic heterocycles. The van der Waals surface area contributed by atoms with Crippen LogP contribution in [-0.4, -0.2) is 60.0 Å². The molecule has 1 unspecified atom stereocenters. The van der Waals surface area contributed by atoms with E-state index in [1.807, 2.05) is 7.05 Å². The number of hydrogen-bond acceptors (Lipinski definition) is 3. The normalized spacial score (nSPS) is 21.6. The Balaban J connectivity index is 2.37. The first-order valence-electron chi connectivity index (χ1n) is 5.16. The van der Waals surface area contributed by atoms with Gasteiger partial charge in [-0.3, -0.25) is 9.59 Å². The molecule has 1 saturated heterocycles. The van der Waals surface area contributed by atoms with E-state index in [2.05, 4.69) is 4.90 Å². The number of amides is 1. The minimum atomic E-state index is -0.967. The van der Waals surface area contributed by atoms with Gasteiger partial charge in [0.2, 0.25) is 5.91 Å². The molecular formula is C10H18N2O3. The summed E-state index contributed by atoms with van der Waals surface area (Å²) in [6.45, 7) is 0.815. The standard InChI is InChI=1S/C10H18N2O3/c1-11-5-3-4-8(11)6-9(13)12(2)7-10(14)15/h8H,3-7H2,1-2H3,(H,14,15). The van der Waals surface area contributed by atoms with Crippen molar-refractivity contribution in [3.8, 4) is 0 Å². The lowest BCUT2D eigenvalue weighted by Gasteiger charge is -2.21. The molecule has 15 heavy (non-hydrogen) atoms. The van der Waals surface area contributed by atoms with Crippen molar-refractivity contribution in [1.29, 1.82) is 0 Å². The van der Waals surface area contributed by atoms with Crippen molar-refractivity contribution in [3.63, 3.8) is 0 Å². The van der Waals surface area contributed by atoms with Crippen molar-refractivity contribution in [1.82, 2.24) is 9.80 Å². The highest BCUT2D eigenvalue weighted by Crippen LogP contribution is 2.18. The van der Waals surface area contributed by atoms with Gasteiger partial charge in [-0.05, 0) is 26.4 Å². The smallest absolute Gasteiger partial charge is 0.323 e. The largest absolute Gasteiger partial charge is 0.480 e. The summed E-state index contributed by atoms with van der Waals surface area (Å²) in [6.07, 6.45) is 2.58. The number of aliphatic carboxylic acids is 1. The lowest BCUT2D eigenvalue weighted by molar-refractivity contribution is -0.143. The first-order chi connectivity index (χ1) is 7.00. The lowest BCUT2D eigenvalue weighted by atomic mass is 10.1. The maximum absolute atomic E-state index is 11.6. The molecule has 1 rings (SSSR count). The van der Waals surface area contributed by atoms with Crippen molar-refractivity contribution in [2.24, 2.45) is 0 Å². The van der Waals surface area contributed by atoms with Crippen molar-refractivity contribution in [2.45, 2.75) is 25.3 Å². The van der Waals surface area contributed by atoms with Crippen molar-refractivity contribution < 1.29 is 14.7 Å². The third-order valence-electron chi connectivity index (χ3n) is 2.88. The van der Waals surface area contributed by atoms with Crippen LogP contribution in [0.4, 0.5) is 0 Å². The summed E-state index contributed by atoms with van der Waals surface area (Å²) in [5, 5.41) is 8.54. The van der Waals surface area contributed by atoms with E-state index in [0.29, 0.717) is 6.42 Å². The van der Waals surface area contributed by atoms with Crippen LogP contribution in [0.5, 0.6) is 0 Å². The number of likely N-dealkylation sites (tertiary alicyclic amines) is 1. The molecule has 5 heteroatoms. The molecule has 0 aliphatic carbocycles. The van der Waals surface area contributed by atoms with Gasteiger partial charge in [0.05, 0.1) is 0 Å². The Morgan fingerprint density at radius 1 is 1.53 bits per heavy atom. The predicted molar refractivity (Wildman–Crippen MR) is 55.5 cm³/mol. The second kappa shape index (κ2) is 5.11.